The summed E-state index contributed by atoms with van der Waals surface area (Å²) in [5, 5.41) is 0. The van der Waals surface area contributed by atoms with Crippen molar-refractivity contribution in [3.8, 4) is 0 Å². The molecule has 4 heteroatoms. The van der Waals surface area contributed by atoms with E-state index < -0.39 is 0 Å². The molecule has 0 heterocycles. The van der Waals surface area contributed by atoms with Crippen molar-refractivity contribution in [2.75, 3.05) is 0 Å². The molecule has 22 valence electrons. The molecule has 0 radical (unpaired) electrons. The Morgan fingerprint density at radius 1 is 1.25 bits per heavy atom. The maximum atomic E-state index is 1.44. The van der Waals surface area contributed by atoms with Crippen LogP contribution in [0.5, 0.6) is 0 Å². The summed E-state index contributed by atoms with van der Waals surface area (Å²) in [6.07, 6.45) is 0. The Morgan fingerprint density at radius 2 is 1.25 bits per heavy atom. The molecule has 0 saturated heterocycles. The number of rotatable bonds is 0. The first kappa shape index (κ1) is 16.9. The van der Waals surface area contributed by atoms with Gasteiger partial charge in [-0.05, 0) is 0 Å². The SMILES string of the molecule is [AlH2][SiH3].[Fe].[Zn]. The van der Waals surface area contributed by atoms with Gasteiger partial charge in [-0.15, -0.1) is 0 Å². The molecule has 0 spiro atoms. The van der Waals surface area contributed by atoms with Gasteiger partial charge < -0.3 is 0 Å². The Kier molecular flexibility index (Phi) is 87.2. The molecule has 0 aliphatic rings. The van der Waals surface area contributed by atoms with Crippen LogP contribution in [0.4, 0.5) is 0 Å². The molecule has 0 unspecified atom stereocenters. The van der Waals surface area contributed by atoms with E-state index in [2.05, 4.69) is 0 Å². The molecule has 0 aliphatic heterocycles. The van der Waals surface area contributed by atoms with Gasteiger partial charge in [-0.2, -0.15) is 0 Å². The Balaban J connectivity index is -0.00000000500. The van der Waals surface area contributed by atoms with Gasteiger partial charge in [0.1, 0.15) is 0 Å². The molecular weight excluding hydrogens is 176 g/mol. The maximum absolute atomic E-state index is 1.44. The minimum Gasteiger partial charge on any atom is -0.0504 e. The fraction of sp³-hybridized carbons (Fsp3) is 0. The molecule has 0 amide bonds. The van der Waals surface area contributed by atoms with Gasteiger partial charge in [0.05, 0.1) is 0 Å². The van der Waals surface area contributed by atoms with Crippen LogP contribution in [0.2, 0.25) is 0 Å². The van der Waals surface area contributed by atoms with Crippen LogP contribution >= 0.6 is 0 Å². The van der Waals surface area contributed by atoms with E-state index in [0.717, 1.165) is 0 Å². The third-order valence-corrected chi connectivity index (χ3v) is 0. The molecule has 0 nitrogen and oxygen atoms in total. The molecule has 0 saturated carbocycles. The van der Waals surface area contributed by atoms with Crippen LogP contribution in [0.25, 0.3) is 0 Å². The molecular formula is H5AlFeSiZn. The second-order valence-electron chi connectivity index (χ2n) is 0. The molecule has 0 atom stereocenters. The van der Waals surface area contributed by atoms with Crippen LogP contribution in [0.1, 0.15) is 0 Å². The number of hydrogen-bond donors (Lipinski definition) is 0. The fourth-order valence-electron chi connectivity index (χ4n) is 0. The van der Waals surface area contributed by atoms with Gasteiger partial charge in [-0.3, -0.25) is 0 Å². The summed E-state index contributed by atoms with van der Waals surface area (Å²) in [4.78, 5) is 0. The molecule has 0 N–H and O–H groups in total. The first-order valence-electron chi connectivity index (χ1n) is 1.00. The molecule has 0 aromatic carbocycles. The summed E-state index contributed by atoms with van der Waals surface area (Å²) in [5.74, 6) is 0. The first-order chi connectivity index (χ1) is 1.00. The molecule has 0 aliphatic carbocycles. The van der Waals surface area contributed by atoms with Gasteiger partial charge in [-0.25, -0.2) is 0 Å². The largest absolute Gasteiger partial charge is 0.193 e. The van der Waals surface area contributed by atoms with Crippen molar-refractivity contribution < 1.29 is 36.5 Å². The van der Waals surface area contributed by atoms with E-state index in [1.807, 2.05) is 0 Å². The quantitative estimate of drug-likeness (QED) is 0.376. The van der Waals surface area contributed by atoms with E-state index in [1.54, 1.807) is 0 Å². The van der Waals surface area contributed by atoms with Gasteiger partial charge >= 0.3 is 0 Å². The summed E-state index contributed by atoms with van der Waals surface area (Å²) < 4.78 is 0. The van der Waals surface area contributed by atoms with Crippen molar-refractivity contribution in [2.45, 2.75) is 0 Å². The zero-order valence-corrected chi connectivity index (χ0v) is 11.1. The second-order valence-corrected chi connectivity index (χ2v) is 0. The Morgan fingerprint density at radius 3 is 1.25 bits per heavy atom. The molecule has 0 aromatic rings. The van der Waals surface area contributed by atoms with E-state index in [1.165, 1.54) is 24.4 Å². The van der Waals surface area contributed by atoms with E-state index in [-0.39, 0.29) is 36.5 Å². The second kappa shape index (κ2) is 20.7. The van der Waals surface area contributed by atoms with Crippen molar-refractivity contribution >= 4 is 24.4 Å². The Bertz CT molecular complexity index is 8.00. The summed E-state index contributed by atoms with van der Waals surface area (Å²) >= 11 is 1.44. The predicted molar refractivity (Wildman–Crippen MR) is 18.5 cm³/mol. The first-order valence-corrected chi connectivity index (χ1v) is 9.00. The summed E-state index contributed by atoms with van der Waals surface area (Å²) in [7, 11) is 1.44. The van der Waals surface area contributed by atoms with Crippen molar-refractivity contribution in [3.05, 3.63) is 0 Å². The van der Waals surface area contributed by atoms with Crippen molar-refractivity contribution in [1.82, 2.24) is 0 Å². The van der Waals surface area contributed by atoms with Crippen LogP contribution in [0.3, 0.4) is 0 Å². The molecule has 4 heavy (non-hydrogen) atoms. The zero-order chi connectivity index (χ0) is 2.00. The van der Waals surface area contributed by atoms with Gasteiger partial charge in [-0.1, -0.05) is 8.80 Å². The zero-order valence-electron chi connectivity index (χ0n) is 3.06. The van der Waals surface area contributed by atoms with E-state index in [0.29, 0.717) is 0 Å². The van der Waals surface area contributed by atoms with E-state index in [9.17, 15) is 0 Å². The molecule has 0 rings (SSSR count). The smallest absolute Gasteiger partial charge is 0.0504 e. The summed E-state index contributed by atoms with van der Waals surface area (Å²) in [6, 6.07) is 0. The average molecular weight is 181 g/mol. The average Bonchev–Trinajstić information content (AvgIpc) is 1.00. The molecule has 0 fully saturated rings. The maximum Gasteiger partial charge on any atom is 0.193 e. The topological polar surface area (TPSA) is 0 Å². The van der Waals surface area contributed by atoms with Gasteiger partial charge in [0.25, 0.3) is 0 Å². The molecule has 0 aromatic heterocycles. The van der Waals surface area contributed by atoms with Crippen LogP contribution in [-0.4, -0.2) is 24.4 Å². The normalized spacial score (nSPS) is 2.00. The van der Waals surface area contributed by atoms with E-state index >= 15 is 0 Å². The summed E-state index contributed by atoms with van der Waals surface area (Å²) in [6.45, 7) is 0. The minimum atomic E-state index is 0. The van der Waals surface area contributed by atoms with Crippen LogP contribution in [-0.2, 0) is 36.5 Å². The Hall–Kier alpha value is 1.89. The van der Waals surface area contributed by atoms with Gasteiger partial charge in [0, 0.05) is 36.5 Å². The third-order valence-electron chi connectivity index (χ3n) is 0. The fourth-order valence-corrected chi connectivity index (χ4v) is 0. The Labute approximate surface area is 60.6 Å². The van der Waals surface area contributed by atoms with Crippen molar-refractivity contribution in [1.29, 1.82) is 0 Å². The van der Waals surface area contributed by atoms with Crippen LogP contribution in [0, 0.1) is 0 Å². The van der Waals surface area contributed by atoms with Crippen LogP contribution in [0.15, 0.2) is 0 Å². The van der Waals surface area contributed by atoms with E-state index in [4.69, 9.17) is 0 Å². The van der Waals surface area contributed by atoms with Gasteiger partial charge in [0.15, 0.2) is 15.6 Å². The molecule has 0 bridgehead atoms. The predicted octanol–water partition coefficient (Wildman–Crippen LogP) is -2.11. The van der Waals surface area contributed by atoms with Crippen LogP contribution < -0.4 is 0 Å². The standard InChI is InChI=1S/Al.Fe.H3Si.Zn.2H/h;;1H3;;;. The van der Waals surface area contributed by atoms with Gasteiger partial charge in [0.2, 0.25) is 0 Å². The minimum absolute atomic E-state index is 0. The summed E-state index contributed by atoms with van der Waals surface area (Å²) in [5.41, 5.74) is 0. The third kappa shape index (κ3) is 9.09. The number of hydrogen-bond acceptors (Lipinski definition) is 0. The van der Waals surface area contributed by atoms with Crippen molar-refractivity contribution in [3.63, 3.8) is 0 Å². The van der Waals surface area contributed by atoms with Crippen molar-refractivity contribution in [2.24, 2.45) is 0 Å². The monoisotopic (exact) mass is 180 g/mol.